The van der Waals surface area contributed by atoms with Gasteiger partial charge in [0.25, 0.3) is 5.91 Å². The van der Waals surface area contributed by atoms with Crippen molar-refractivity contribution in [3.63, 3.8) is 0 Å². The molecule has 2 aromatic carbocycles. The molecule has 28 heavy (non-hydrogen) atoms. The smallest absolute Gasteiger partial charge is 0.251 e. The largest absolute Gasteiger partial charge is 0.496 e. The first-order chi connectivity index (χ1) is 13.3. The highest BCUT2D eigenvalue weighted by Gasteiger charge is 2.18. The molecule has 0 aliphatic carbocycles. The molecule has 1 amide bonds. The predicted molar refractivity (Wildman–Crippen MR) is 105 cm³/mol. The third-order valence-corrected chi connectivity index (χ3v) is 5.67. The summed E-state index contributed by atoms with van der Waals surface area (Å²) in [5, 5.41) is 2.79. The molecule has 152 valence electrons. The molecule has 9 heteroatoms. The molecule has 0 bridgehead atoms. The van der Waals surface area contributed by atoms with E-state index < -0.39 is 15.9 Å². The number of aryl methyl sites for hydroxylation is 1. The summed E-state index contributed by atoms with van der Waals surface area (Å²) in [5.74, 6) is 1.14. The second-order valence-electron chi connectivity index (χ2n) is 5.89. The highest BCUT2D eigenvalue weighted by atomic mass is 32.2. The minimum Gasteiger partial charge on any atom is -0.496 e. The zero-order valence-electron chi connectivity index (χ0n) is 16.5. The number of amides is 1. The van der Waals surface area contributed by atoms with E-state index in [9.17, 15) is 13.2 Å². The van der Waals surface area contributed by atoms with Crippen molar-refractivity contribution in [2.75, 3.05) is 28.4 Å². The molecule has 0 aromatic heterocycles. The normalized spacial score (nSPS) is 11.0. The Bertz CT molecular complexity index is 973. The number of benzene rings is 2. The molecular formula is C19H24N2O6S. The van der Waals surface area contributed by atoms with E-state index in [0.29, 0.717) is 28.4 Å². The lowest BCUT2D eigenvalue weighted by molar-refractivity contribution is 0.0950. The standard InChI is InChI=1S/C19H24N2O6S/c1-12-6-7-14(28(23,24)20-2)9-15(12)19(22)21-11-13-8-17(26-4)18(27-5)10-16(13)25-3/h6-10,20H,11H2,1-5H3,(H,21,22). The molecule has 2 aromatic rings. The fraction of sp³-hybridized carbons (Fsp3) is 0.316. The van der Waals surface area contributed by atoms with Crippen molar-refractivity contribution < 1.29 is 27.4 Å². The van der Waals surface area contributed by atoms with Crippen molar-refractivity contribution in [3.8, 4) is 17.2 Å². The van der Waals surface area contributed by atoms with Gasteiger partial charge < -0.3 is 19.5 Å². The monoisotopic (exact) mass is 408 g/mol. The average Bonchev–Trinajstić information content (AvgIpc) is 2.71. The van der Waals surface area contributed by atoms with E-state index in [-0.39, 0.29) is 17.0 Å². The Kier molecular flexibility index (Phi) is 6.87. The van der Waals surface area contributed by atoms with Gasteiger partial charge in [0.15, 0.2) is 11.5 Å². The second kappa shape index (κ2) is 8.94. The Balaban J connectivity index is 2.29. The number of hydrogen-bond acceptors (Lipinski definition) is 6. The van der Waals surface area contributed by atoms with Crippen LogP contribution in [0.5, 0.6) is 17.2 Å². The summed E-state index contributed by atoms with van der Waals surface area (Å²) in [5.41, 5.74) is 1.62. The quantitative estimate of drug-likeness (QED) is 0.691. The van der Waals surface area contributed by atoms with Crippen LogP contribution in [0.15, 0.2) is 35.2 Å². The van der Waals surface area contributed by atoms with Crippen LogP contribution in [0.3, 0.4) is 0 Å². The first kappa shape index (κ1) is 21.5. The van der Waals surface area contributed by atoms with Crippen molar-refractivity contribution in [2.24, 2.45) is 0 Å². The number of sulfonamides is 1. The number of rotatable bonds is 8. The van der Waals surface area contributed by atoms with E-state index >= 15 is 0 Å². The van der Waals surface area contributed by atoms with Crippen LogP contribution in [0, 0.1) is 6.92 Å². The van der Waals surface area contributed by atoms with Crippen LogP contribution in [0.25, 0.3) is 0 Å². The van der Waals surface area contributed by atoms with Crippen LogP contribution in [0.1, 0.15) is 21.5 Å². The molecule has 2 rings (SSSR count). The third kappa shape index (κ3) is 4.55. The molecule has 0 fully saturated rings. The third-order valence-electron chi connectivity index (χ3n) is 4.26. The van der Waals surface area contributed by atoms with Gasteiger partial charge >= 0.3 is 0 Å². The Hall–Kier alpha value is -2.78. The maximum Gasteiger partial charge on any atom is 0.251 e. The van der Waals surface area contributed by atoms with E-state index in [0.717, 1.165) is 0 Å². The van der Waals surface area contributed by atoms with Gasteiger partial charge in [-0.1, -0.05) is 6.07 Å². The molecule has 0 aliphatic rings. The van der Waals surface area contributed by atoms with Gasteiger partial charge in [0, 0.05) is 23.7 Å². The van der Waals surface area contributed by atoms with Crippen LogP contribution in [0.2, 0.25) is 0 Å². The number of ether oxygens (including phenoxy) is 3. The van der Waals surface area contributed by atoms with Crippen molar-refractivity contribution in [3.05, 3.63) is 47.0 Å². The number of methoxy groups -OCH3 is 3. The summed E-state index contributed by atoms with van der Waals surface area (Å²) in [7, 11) is 2.23. The van der Waals surface area contributed by atoms with Gasteiger partial charge in [-0.25, -0.2) is 13.1 Å². The van der Waals surface area contributed by atoms with Crippen LogP contribution in [-0.4, -0.2) is 42.7 Å². The lowest BCUT2D eigenvalue weighted by Gasteiger charge is -2.15. The van der Waals surface area contributed by atoms with E-state index in [2.05, 4.69) is 10.0 Å². The highest BCUT2D eigenvalue weighted by Crippen LogP contribution is 2.34. The number of hydrogen-bond donors (Lipinski definition) is 2. The molecule has 0 radical (unpaired) electrons. The van der Waals surface area contributed by atoms with Gasteiger partial charge in [0.05, 0.1) is 26.2 Å². The van der Waals surface area contributed by atoms with E-state index in [1.165, 1.54) is 40.5 Å². The van der Waals surface area contributed by atoms with Gasteiger partial charge in [-0.05, 0) is 37.7 Å². The van der Waals surface area contributed by atoms with Crippen LogP contribution < -0.4 is 24.2 Å². The summed E-state index contributed by atoms with van der Waals surface area (Å²) in [4.78, 5) is 12.7. The minimum atomic E-state index is -3.65. The average molecular weight is 408 g/mol. The van der Waals surface area contributed by atoms with Crippen molar-refractivity contribution in [1.82, 2.24) is 10.0 Å². The molecule has 0 unspecified atom stereocenters. The second-order valence-corrected chi connectivity index (χ2v) is 7.77. The first-order valence-corrected chi connectivity index (χ1v) is 9.87. The summed E-state index contributed by atoms with van der Waals surface area (Å²) < 4.78 is 42.1. The number of nitrogens with one attached hydrogen (secondary N) is 2. The molecule has 0 saturated heterocycles. The molecule has 0 saturated carbocycles. The Labute approximate surface area is 164 Å². The summed E-state index contributed by atoms with van der Waals surface area (Å²) in [6.07, 6.45) is 0. The molecule has 2 N–H and O–H groups in total. The molecule has 0 atom stereocenters. The molecular weight excluding hydrogens is 384 g/mol. The topological polar surface area (TPSA) is 103 Å². The minimum absolute atomic E-state index is 0.0226. The van der Waals surface area contributed by atoms with Crippen LogP contribution in [0.4, 0.5) is 0 Å². The molecule has 8 nitrogen and oxygen atoms in total. The van der Waals surface area contributed by atoms with E-state index in [1.807, 2.05) is 0 Å². The lowest BCUT2D eigenvalue weighted by atomic mass is 10.1. The predicted octanol–water partition coefficient (Wildman–Crippen LogP) is 1.86. The van der Waals surface area contributed by atoms with Gasteiger partial charge in [0.1, 0.15) is 5.75 Å². The summed E-state index contributed by atoms with van der Waals surface area (Å²) in [6, 6.07) is 7.78. The van der Waals surface area contributed by atoms with Gasteiger partial charge in [-0.3, -0.25) is 4.79 Å². The Morgan fingerprint density at radius 3 is 2.14 bits per heavy atom. The zero-order valence-corrected chi connectivity index (χ0v) is 17.3. The fourth-order valence-electron chi connectivity index (χ4n) is 2.63. The van der Waals surface area contributed by atoms with Gasteiger partial charge in [0.2, 0.25) is 10.0 Å². The lowest BCUT2D eigenvalue weighted by Crippen LogP contribution is -2.25. The van der Waals surface area contributed by atoms with Crippen molar-refractivity contribution in [1.29, 1.82) is 0 Å². The summed E-state index contributed by atoms with van der Waals surface area (Å²) >= 11 is 0. The number of carbonyl (C=O) groups is 1. The molecule has 0 heterocycles. The maximum absolute atomic E-state index is 12.7. The Morgan fingerprint density at radius 1 is 0.964 bits per heavy atom. The van der Waals surface area contributed by atoms with Crippen molar-refractivity contribution in [2.45, 2.75) is 18.4 Å². The maximum atomic E-state index is 12.7. The van der Waals surface area contributed by atoms with Crippen molar-refractivity contribution >= 4 is 15.9 Å². The first-order valence-electron chi connectivity index (χ1n) is 8.38. The van der Waals surface area contributed by atoms with E-state index in [4.69, 9.17) is 14.2 Å². The molecule has 0 spiro atoms. The zero-order chi connectivity index (χ0) is 20.9. The number of carbonyl (C=O) groups excluding carboxylic acids is 1. The Morgan fingerprint density at radius 2 is 1.57 bits per heavy atom. The van der Waals surface area contributed by atoms with Crippen LogP contribution in [-0.2, 0) is 16.6 Å². The van der Waals surface area contributed by atoms with Gasteiger partial charge in [-0.2, -0.15) is 0 Å². The SMILES string of the molecule is CNS(=O)(=O)c1ccc(C)c(C(=O)NCc2cc(OC)c(OC)cc2OC)c1. The molecule has 0 aliphatic heterocycles. The van der Waals surface area contributed by atoms with Gasteiger partial charge in [-0.15, -0.1) is 0 Å². The van der Waals surface area contributed by atoms with E-state index in [1.54, 1.807) is 25.1 Å². The highest BCUT2D eigenvalue weighted by molar-refractivity contribution is 7.89. The fourth-order valence-corrected chi connectivity index (χ4v) is 3.39. The summed E-state index contributed by atoms with van der Waals surface area (Å²) in [6.45, 7) is 1.90. The van der Waals surface area contributed by atoms with Crippen LogP contribution >= 0.6 is 0 Å².